The van der Waals surface area contributed by atoms with Crippen LogP contribution in [0.3, 0.4) is 0 Å². The summed E-state index contributed by atoms with van der Waals surface area (Å²) in [6, 6.07) is 13.7. The summed E-state index contributed by atoms with van der Waals surface area (Å²) >= 11 is 0. The van der Waals surface area contributed by atoms with Crippen LogP contribution in [0.25, 0.3) is 0 Å². The lowest BCUT2D eigenvalue weighted by Gasteiger charge is -2.33. The zero-order valence-corrected chi connectivity index (χ0v) is 22.6. The van der Waals surface area contributed by atoms with Gasteiger partial charge in [0, 0.05) is 31.9 Å². The van der Waals surface area contributed by atoms with Crippen molar-refractivity contribution in [1.29, 1.82) is 0 Å². The lowest BCUT2D eigenvalue weighted by molar-refractivity contribution is 0.0997. The molecule has 0 saturated carbocycles. The number of amides is 1. The minimum Gasteiger partial charge on any atom is -0.497 e. The van der Waals surface area contributed by atoms with Crippen molar-refractivity contribution in [2.24, 2.45) is 11.7 Å². The first kappa shape index (κ1) is 26.4. The van der Waals surface area contributed by atoms with Crippen molar-refractivity contribution >= 4 is 27.4 Å². The van der Waals surface area contributed by atoms with E-state index in [0.29, 0.717) is 24.8 Å². The number of aromatic nitrogens is 2. The molecule has 0 radical (unpaired) electrons. The van der Waals surface area contributed by atoms with Gasteiger partial charge in [-0.2, -0.15) is 0 Å². The van der Waals surface area contributed by atoms with Crippen molar-refractivity contribution in [3.05, 3.63) is 65.9 Å². The molecule has 2 N–H and O–H groups in total. The van der Waals surface area contributed by atoms with Crippen LogP contribution in [0.1, 0.15) is 43.1 Å². The van der Waals surface area contributed by atoms with E-state index in [-0.39, 0.29) is 26.8 Å². The third kappa shape index (κ3) is 5.24. The number of nitrogens with two attached hydrogens (primary N) is 1. The maximum Gasteiger partial charge on any atom is 0.253 e. The maximum atomic E-state index is 13.8. The minimum atomic E-state index is -4.18. The fourth-order valence-electron chi connectivity index (χ4n) is 5.06. The Balaban J connectivity index is 1.72. The summed E-state index contributed by atoms with van der Waals surface area (Å²) in [6.45, 7) is 7.35. The van der Waals surface area contributed by atoms with Crippen molar-refractivity contribution in [3.8, 4) is 5.75 Å². The molecule has 9 nitrogen and oxygen atoms in total. The predicted octanol–water partition coefficient (Wildman–Crippen LogP) is 3.68. The Morgan fingerprint density at radius 2 is 1.95 bits per heavy atom. The molecular weight excluding hydrogens is 490 g/mol. The van der Waals surface area contributed by atoms with Crippen molar-refractivity contribution in [2.75, 3.05) is 30.5 Å². The number of anilines is 2. The number of hydrogen-bond acceptors (Lipinski definition) is 8. The number of ether oxygens (including phenoxy) is 1. The van der Waals surface area contributed by atoms with Crippen LogP contribution in [0.15, 0.2) is 64.6 Å². The van der Waals surface area contributed by atoms with Crippen molar-refractivity contribution in [2.45, 2.75) is 49.2 Å². The van der Waals surface area contributed by atoms with Gasteiger partial charge in [-0.05, 0) is 62.1 Å². The molecule has 1 atom stereocenters. The second kappa shape index (κ2) is 10.0. The quantitative estimate of drug-likeness (QED) is 0.475. The molecule has 1 fully saturated rings. The van der Waals surface area contributed by atoms with Gasteiger partial charge >= 0.3 is 0 Å². The summed E-state index contributed by atoms with van der Waals surface area (Å²) < 4.78 is 32.9. The number of methoxy groups -OCH3 is 1. The molecule has 1 amide bonds. The Labute approximate surface area is 218 Å². The normalized spacial score (nSPS) is 17.0. The Hall–Kier alpha value is -3.66. The fourth-order valence-corrected chi connectivity index (χ4v) is 6.46. The largest absolute Gasteiger partial charge is 0.497 e. The Bertz CT molecular complexity index is 1420. The molecule has 1 aliphatic rings. The molecule has 0 spiro atoms. The average Bonchev–Trinajstić information content (AvgIpc) is 3.15. The smallest absolute Gasteiger partial charge is 0.253 e. The van der Waals surface area contributed by atoms with E-state index in [1.807, 2.05) is 55.0 Å². The predicted molar refractivity (Wildman–Crippen MR) is 143 cm³/mol. The van der Waals surface area contributed by atoms with E-state index in [9.17, 15) is 13.2 Å². The number of primary amides is 1. The molecule has 1 unspecified atom stereocenters. The summed E-state index contributed by atoms with van der Waals surface area (Å²) in [5, 5.41) is -0.170. The van der Waals surface area contributed by atoms with E-state index in [4.69, 9.17) is 10.5 Å². The van der Waals surface area contributed by atoms with Crippen LogP contribution in [0.5, 0.6) is 5.75 Å². The zero-order valence-electron chi connectivity index (χ0n) is 21.8. The van der Waals surface area contributed by atoms with Gasteiger partial charge in [-0.1, -0.05) is 25.1 Å². The number of rotatable bonds is 8. The van der Waals surface area contributed by atoms with Gasteiger partial charge in [0.25, 0.3) is 5.91 Å². The first-order chi connectivity index (χ1) is 17.4. The van der Waals surface area contributed by atoms with E-state index >= 15 is 0 Å². The van der Waals surface area contributed by atoms with Gasteiger partial charge in [0.05, 0.1) is 12.0 Å². The standard InChI is InChI=1S/C27H33N5O4S/c1-18-15-27(2,3)32(16-18)26-24(25(28)33)21(12-13-29-26)37(34,35)23-11-7-10-22(30-23)31(4)17-19-8-6-9-20(14-19)36-5/h6-14,18H,15-17H2,1-5H3,(H2,28,33). The minimum absolute atomic E-state index is 0.110. The number of carbonyl (C=O) groups is 1. The van der Waals surface area contributed by atoms with Gasteiger partial charge in [0.2, 0.25) is 9.84 Å². The van der Waals surface area contributed by atoms with Crippen LogP contribution in [0, 0.1) is 5.92 Å². The van der Waals surface area contributed by atoms with E-state index in [0.717, 1.165) is 17.7 Å². The molecule has 3 heterocycles. The summed E-state index contributed by atoms with van der Waals surface area (Å²) in [7, 11) is -0.749. The molecule has 4 rings (SSSR count). The van der Waals surface area contributed by atoms with Crippen molar-refractivity contribution in [1.82, 2.24) is 9.97 Å². The third-order valence-corrected chi connectivity index (χ3v) is 8.38. The Kier molecular flexibility index (Phi) is 7.14. The molecule has 1 aromatic carbocycles. The van der Waals surface area contributed by atoms with Gasteiger partial charge in [0.1, 0.15) is 22.9 Å². The number of pyridine rings is 2. The lowest BCUT2D eigenvalue weighted by Crippen LogP contribution is -2.40. The first-order valence-corrected chi connectivity index (χ1v) is 13.5. The number of sulfone groups is 1. The zero-order chi connectivity index (χ0) is 27.0. The second-order valence-corrected chi connectivity index (χ2v) is 12.0. The van der Waals surface area contributed by atoms with E-state index < -0.39 is 15.7 Å². The number of carbonyl (C=O) groups excluding carboxylic acids is 1. The van der Waals surface area contributed by atoms with Crippen molar-refractivity contribution in [3.63, 3.8) is 0 Å². The SMILES string of the molecule is COc1cccc(CN(C)c2cccc(S(=O)(=O)c3ccnc(N4CC(C)CC4(C)C)c3C(N)=O)n2)c1. The highest BCUT2D eigenvalue weighted by molar-refractivity contribution is 7.91. The fraction of sp³-hybridized carbons (Fsp3) is 0.370. The summed E-state index contributed by atoms with van der Waals surface area (Å²) in [6.07, 6.45) is 2.29. The molecule has 2 aromatic heterocycles. The van der Waals surface area contributed by atoms with Gasteiger partial charge in [-0.25, -0.2) is 18.4 Å². The van der Waals surface area contributed by atoms with Crippen LogP contribution in [-0.4, -0.2) is 50.5 Å². The van der Waals surface area contributed by atoms with Gasteiger partial charge < -0.3 is 20.3 Å². The highest BCUT2D eigenvalue weighted by atomic mass is 32.2. The topological polar surface area (TPSA) is 119 Å². The maximum absolute atomic E-state index is 13.8. The van der Waals surface area contributed by atoms with Gasteiger partial charge in [-0.3, -0.25) is 4.79 Å². The summed E-state index contributed by atoms with van der Waals surface area (Å²) in [5.41, 5.74) is 6.33. The molecular formula is C27H33N5O4S. The van der Waals surface area contributed by atoms with Crippen LogP contribution in [-0.2, 0) is 16.4 Å². The van der Waals surface area contributed by atoms with E-state index in [1.54, 1.807) is 19.2 Å². The molecule has 196 valence electrons. The Morgan fingerprint density at radius 3 is 2.59 bits per heavy atom. The molecule has 10 heteroatoms. The molecule has 1 saturated heterocycles. The Morgan fingerprint density at radius 1 is 1.22 bits per heavy atom. The van der Waals surface area contributed by atoms with Crippen LogP contribution >= 0.6 is 0 Å². The summed E-state index contributed by atoms with van der Waals surface area (Å²) in [4.78, 5) is 25.1. The van der Waals surface area contributed by atoms with Crippen LogP contribution in [0.2, 0.25) is 0 Å². The molecule has 0 bridgehead atoms. The highest BCUT2D eigenvalue weighted by Gasteiger charge is 2.40. The molecule has 1 aliphatic heterocycles. The second-order valence-electron chi connectivity index (χ2n) is 10.1. The third-order valence-electron chi connectivity index (χ3n) is 6.69. The van der Waals surface area contributed by atoms with Gasteiger partial charge in [0.15, 0.2) is 5.03 Å². The van der Waals surface area contributed by atoms with Crippen LogP contribution < -0.4 is 20.3 Å². The summed E-state index contributed by atoms with van der Waals surface area (Å²) in [5.74, 6) is 1.00. The van der Waals surface area contributed by atoms with Gasteiger partial charge in [-0.15, -0.1) is 0 Å². The average molecular weight is 524 g/mol. The van der Waals surface area contributed by atoms with Crippen molar-refractivity contribution < 1.29 is 17.9 Å². The number of hydrogen-bond donors (Lipinski definition) is 1. The molecule has 37 heavy (non-hydrogen) atoms. The first-order valence-electron chi connectivity index (χ1n) is 12.1. The monoisotopic (exact) mass is 523 g/mol. The molecule has 3 aromatic rings. The number of nitrogens with zero attached hydrogens (tertiary/aromatic N) is 4. The molecule has 0 aliphatic carbocycles. The van der Waals surface area contributed by atoms with E-state index in [1.165, 1.54) is 18.3 Å². The number of benzene rings is 1. The van der Waals surface area contributed by atoms with Crippen LogP contribution in [0.4, 0.5) is 11.6 Å². The lowest BCUT2D eigenvalue weighted by atomic mass is 9.97. The van der Waals surface area contributed by atoms with E-state index in [2.05, 4.69) is 16.9 Å². The highest BCUT2D eigenvalue weighted by Crippen LogP contribution is 2.39.